The first-order chi connectivity index (χ1) is 15.6. The Hall–Kier alpha value is -2.10. The van der Waals surface area contributed by atoms with Crippen molar-refractivity contribution < 1.29 is 14.7 Å². The van der Waals surface area contributed by atoms with E-state index >= 15 is 0 Å². The lowest BCUT2D eigenvalue weighted by atomic mass is 9.93. The van der Waals surface area contributed by atoms with E-state index < -0.39 is 12.0 Å². The van der Waals surface area contributed by atoms with Gasteiger partial charge >= 0.3 is 5.97 Å². The van der Waals surface area contributed by atoms with Crippen molar-refractivity contribution in [3.05, 3.63) is 47.5 Å². The smallest absolute Gasteiger partial charge is 0.326 e. The number of carboxylic acids is 1. The van der Waals surface area contributed by atoms with E-state index in [2.05, 4.69) is 19.1 Å². The molecule has 0 saturated heterocycles. The topological polar surface area (TPSA) is 57.6 Å². The normalized spacial score (nSPS) is 15.8. The maximum atomic E-state index is 12.7. The quantitative estimate of drug-likeness (QED) is 0.221. The van der Waals surface area contributed by atoms with E-state index in [4.69, 9.17) is 0 Å². The Bertz CT molecular complexity index is 712. The molecular weight excluding hydrogens is 398 g/mol. The van der Waals surface area contributed by atoms with Gasteiger partial charge in [0.25, 0.3) is 0 Å². The summed E-state index contributed by atoms with van der Waals surface area (Å²) >= 11 is 0. The van der Waals surface area contributed by atoms with Gasteiger partial charge in [-0.25, -0.2) is 4.79 Å². The van der Waals surface area contributed by atoms with E-state index in [9.17, 15) is 14.7 Å². The largest absolute Gasteiger partial charge is 0.480 e. The fraction of sp³-hybridized carbons (Fsp3) is 0.643. The fourth-order valence-corrected chi connectivity index (χ4v) is 4.50. The van der Waals surface area contributed by atoms with Gasteiger partial charge in [-0.1, -0.05) is 94.7 Å². The zero-order valence-electron chi connectivity index (χ0n) is 20.1. The lowest BCUT2D eigenvalue weighted by molar-refractivity contribution is -0.151. The van der Waals surface area contributed by atoms with Gasteiger partial charge in [-0.05, 0) is 43.2 Å². The highest BCUT2D eigenvalue weighted by Gasteiger charge is 2.33. The number of carbonyl (C=O) groups is 2. The molecule has 1 amide bonds. The van der Waals surface area contributed by atoms with Crippen LogP contribution in [0, 0.1) is 0 Å². The van der Waals surface area contributed by atoms with Crippen LogP contribution in [0.25, 0.3) is 0 Å². The Morgan fingerprint density at radius 1 is 0.875 bits per heavy atom. The van der Waals surface area contributed by atoms with Crippen LogP contribution in [-0.2, 0) is 22.6 Å². The minimum Gasteiger partial charge on any atom is -0.480 e. The first-order valence-corrected chi connectivity index (χ1v) is 12.9. The van der Waals surface area contributed by atoms with Crippen LogP contribution in [0.1, 0.15) is 108 Å². The van der Waals surface area contributed by atoms with Gasteiger partial charge in [0.1, 0.15) is 6.04 Å². The SMILES string of the molecule is CCCCCCCC/C=C\CCCCCCCC(=O)N1Cc2ccccc2CC1C(=O)O. The highest BCUT2D eigenvalue weighted by Crippen LogP contribution is 2.24. The third-order valence-corrected chi connectivity index (χ3v) is 6.51. The number of allylic oxidation sites excluding steroid dienone is 2. The predicted molar refractivity (Wildman–Crippen MR) is 132 cm³/mol. The lowest BCUT2D eigenvalue weighted by Crippen LogP contribution is -2.48. The summed E-state index contributed by atoms with van der Waals surface area (Å²) < 4.78 is 0. The van der Waals surface area contributed by atoms with E-state index in [-0.39, 0.29) is 5.91 Å². The summed E-state index contributed by atoms with van der Waals surface area (Å²) in [6.45, 7) is 2.67. The summed E-state index contributed by atoms with van der Waals surface area (Å²) in [6.07, 6.45) is 21.5. The molecule has 0 radical (unpaired) electrons. The molecule has 1 aliphatic heterocycles. The molecule has 1 unspecified atom stereocenters. The molecule has 32 heavy (non-hydrogen) atoms. The molecule has 0 saturated carbocycles. The van der Waals surface area contributed by atoms with Crippen molar-refractivity contribution in [2.24, 2.45) is 0 Å². The standard InChI is InChI=1S/C28H43NO3/c1-2-3-4-5-6-7-8-9-10-11-12-13-14-15-16-21-27(30)29-23-25-20-18-17-19-24(25)22-26(29)28(31)32/h9-10,17-20,26H,2-8,11-16,21-23H2,1H3,(H,31,32)/b10-9-. The number of benzene rings is 1. The number of hydrogen-bond donors (Lipinski definition) is 1. The second kappa shape index (κ2) is 15.7. The average Bonchev–Trinajstić information content (AvgIpc) is 2.80. The number of carboxylic acid groups (broad SMARTS) is 1. The molecule has 0 aliphatic carbocycles. The molecule has 178 valence electrons. The van der Waals surface area contributed by atoms with Crippen LogP contribution in [0.4, 0.5) is 0 Å². The second-order valence-electron chi connectivity index (χ2n) is 9.18. The molecule has 0 bridgehead atoms. The summed E-state index contributed by atoms with van der Waals surface area (Å²) in [5.74, 6) is -0.929. The van der Waals surface area contributed by atoms with Crippen LogP contribution in [0.15, 0.2) is 36.4 Å². The highest BCUT2D eigenvalue weighted by molar-refractivity contribution is 5.84. The van der Waals surface area contributed by atoms with Crippen molar-refractivity contribution in [2.75, 3.05) is 0 Å². The maximum Gasteiger partial charge on any atom is 0.326 e. The Labute approximate surface area is 195 Å². The number of fused-ring (bicyclic) bond motifs is 1. The first-order valence-electron chi connectivity index (χ1n) is 12.9. The van der Waals surface area contributed by atoms with Gasteiger partial charge in [-0.3, -0.25) is 4.79 Å². The molecule has 4 nitrogen and oxygen atoms in total. The number of nitrogens with zero attached hydrogens (tertiary/aromatic N) is 1. The molecule has 1 N–H and O–H groups in total. The highest BCUT2D eigenvalue weighted by atomic mass is 16.4. The van der Waals surface area contributed by atoms with Gasteiger partial charge in [-0.15, -0.1) is 0 Å². The molecule has 2 rings (SSSR count). The first kappa shape index (κ1) is 26.2. The molecule has 1 aromatic rings. The molecule has 1 heterocycles. The molecule has 0 aromatic heterocycles. The van der Waals surface area contributed by atoms with E-state index in [0.717, 1.165) is 36.8 Å². The Morgan fingerprint density at radius 2 is 1.44 bits per heavy atom. The van der Waals surface area contributed by atoms with Gasteiger partial charge in [0.05, 0.1) is 0 Å². The fourth-order valence-electron chi connectivity index (χ4n) is 4.50. The van der Waals surface area contributed by atoms with Crippen molar-refractivity contribution in [1.82, 2.24) is 4.90 Å². The summed E-state index contributed by atoms with van der Waals surface area (Å²) in [5.41, 5.74) is 2.12. The monoisotopic (exact) mass is 441 g/mol. The third kappa shape index (κ3) is 9.58. The number of hydrogen-bond acceptors (Lipinski definition) is 2. The minimum absolute atomic E-state index is 0.0236. The zero-order valence-corrected chi connectivity index (χ0v) is 20.1. The molecule has 1 aliphatic rings. The molecule has 1 aromatic carbocycles. The van der Waals surface area contributed by atoms with Crippen molar-refractivity contribution in [2.45, 2.75) is 116 Å². The molecule has 0 fully saturated rings. The van der Waals surface area contributed by atoms with E-state index in [0.29, 0.717) is 19.4 Å². The van der Waals surface area contributed by atoms with E-state index in [1.54, 1.807) is 4.90 Å². The van der Waals surface area contributed by atoms with Crippen LogP contribution in [0.5, 0.6) is 0 Å². The average molecular weight is 442 g/mol. The Morgan fingerprint density at radius 3 is 2.06 bits per heavy atom. The van der Waals surface area contributed by atoms with Gasteiger partial charge in [-0.2, -0.15) is 0 Å². The molecule has 4 heteroatoms. The van der Waals surface area contributed by atoms with Crippen LogP contribution in [0.2, 0.25) is 0 Å². The van der Waals surface area contributed by atoms with Crippen molar-refractivity contribution in [3.8, 4) is 0 Å². The number of aliphatic carboxylic acids is 1. The van der Waals surface area contributed by atoms with Gasteiger partial charge < -0.3 is 10.0 Å². The van der Waals surface area contributed by atoms with Crippen LogP contribution < -0.4 is 0 Å². The third-order valence-electron chi connectivity index (χ3n) is 6.51. The molecular formula is C28H43NO3. The number of amides is 1. The van der Waals surface area contributed by atoms with Gasteiger partial charge in [0.2, 0.25) is 5.91 Å². The Kier molecular flexibility index (Phi) is 12.8. The number of carbonyl (C=O) groups excluding carboxylic acids is 1. The van der Waals surface area contributed by atoms with Gasteiger partial charge in [0.15, 0.2) is 0 Å². The lowest BCUT2D eigenvalue weighted by Gasteiger charge is -2.34. The predicted octanol–water partition coefficient (Wildman–Crippen LogP) is 7.06. The minimum atomic E-state index is -0.905. The van der Waals surface area contributed by atoms with Crippen LogP contribution in [0.3, 0.4) is 0 Å². The zero-order chi connectivity index (χ0) is 23.0. The van der Waals surface area contributed by atoms with Gasteiger partial charge in [0, 0.05) is 19.4 Å². The summed E-state index contributed by atoms with van der Waals surface area (Å²) in [4.78, 5) is 26.0. The van der Waals surface area contributed by atoms with E-state index in [1.165, 1.54) is 57.8 Å². The number of unbranched alkanes of at least 4 members (excludes halogenated alkanes) is 11. The molecule has 1 atom stereocenters. The van der Waals surface area contributed by atoms with Crippen LogP contribution >= 0.6 is 0 Å². The van der Waals surface area contributed by atoms with Crippen LogP contribution in [-0.4, -0.2) is 27.9 Å². The summed E-state index contributed by atoms with van der Waals surface area (Å²) in [5, 5.41) is 9.59. The van der Waals surface area contributed by atoms with Crippen molar-refractivity contribution in [3.63, 3.8) is 0 Å². The molecule has 0 spiro atoms. The summed E-state index contributed by atoms with van der Waals surface area (Å²) in [7, 11) is 0. The second-order valence-corrected chi connectivity index (χ2v) is 9.18. The maximum absolute atomic E-state index is 12.7. The van der Waals surface area contributed by atoms with Crippen molar-refractivity contribution in [1.29, 1.82) is 0 Å². The summed E-state index contributed by atoms with van der Waals surface area (Å²) in [6, 6.07) is 7.11. The van der Waals surface area contributed by atoms with Crippen molar-refractivity contribution >= 4 is 11.9 Å². The number of rotatable bonds is 16. The van der Waals surface area contributed by atoms with E-state index in [1.807, 2.05) is 24.3 Å². The Balaban J connectivity index is 1.53.